The molecule has 15 heavy (non-hydrogen) atoms. The first-order valence-electron chi connectivity index (χ1n) is 4.38. The van der Waals surface area contributed by atoms with E-state index in [-0.39, 0.29) is 0 Å². The number of aromatic nitrogens is 4. The number of hydrogen-bond acceptors (Lipinski definition) is 5. The van der Waals surface area contributed by atoms with Gasteiger partial charge in [0.05, 0.1) is 12.7 Å². The van der Waals surface area contributed by atoms with Crippen LogP contribution in [0, 0.1) is 0 Å². The van der Waals surface area contributed by atoms with Crippen LogP contribution >= 0.6 is 0 Å². The molecule has 0 aromatic carbocycles. The van der Waals surface area contributed by atoms with Crippen LogP contribution in [0.25, 0.3) is 11.4 Å². The normalized spacial score (nSPS) is 10.3. The van der Waals surface area contributed by atoms with E-state index in [9.17, 15) is 0 Å². The second-order valence-electron chi connectivity index (χ2n) is 2.98. The number of nitrogens with two attached hydrogens (primary N) is 1. The van der Waals surface area contributed by atoms with Crippen molar-refractivity contribution in [3.05, 3.63) is 18.3 Å². The summed E-state index contributed by atoms with van der Waals surface area (Å²) in [6.45, 7) is 0. The van der Waals surface area contributed by atoms with E-state index in [1.54, 1.807) is 26.4 Å². The molecule has 6 heteroatoms. The third-order valence-electron chi connectivity index (χ3n) is 2.00. The van der Waals surface area contributed by atoms with Gasteiger partial charge in [0.25, 0.3) is 0 Å². The summed E-state index contributed by atoms with van der Waals surface area (Å²) in [5, 5.41) is 4.15. The number of ether oxygens (including phenoxy) is 1. The summed E-state index contributed by atoms with van der Waals surface area (Å²) in [5.74, 6) is 1.36. The van der Waals surface area contributed by atoms with Gasteiger partial charge in [-0.05, 0) is 12.1 Å². The second-order valence-corrected chi connectivity index (χ2v) is 2.98. The number of aryl methyl sites for hydroxylation is 1. The lowest BCUT2D eigenvalue weighted by Crippen LogP contribution is -1.97. The standard InChI is InChI=1S/C9H11N5O/c1-14-9(10)12-7(13-14)6-4-3-5-11-8(6)15-2/h3-5H,1-2H3,(H2,10,12,13). The molecular formula is C9H11N5O. The van der Waals surface area contributed by atoms with Gasteiger partial charge < -0.3 is 10.5 Å². The van der Waals surface area contributed by atoms with Gasteiger partial charge in [0.2, 0.25) is 11.8 Å². The molecule has 0 bridgehead atoms. The fourth-order valence-corrected chi connectivity index (χ4v) is 1.23. The predicted octanol–water partition coefficient (Wildman–Crippen LogP) is 0.468. The summed E-state index contributed by atoms with van der Waals surface area (Å²) in [5.41, 5.74) is 6.33. The number of nitrogen functional groups attached to an aromatic ring is 1. The zero-order valence-electron chi connectivity index (χ0n) is 8.51. The van der Waals surface area contributed by atoms with Crippen molar-refractivity contribution in [3.63, 3.8) is 0 Å². The third kappa shape index (κ3) is 1.61. The Labute approximate surface area is 86.7 Å². The number of methoxy groups -OCH3 is 1. The lowest BCUT2D eigenvalue weighted by Gasteiger charge is -2.01. The van der Waals surface area contributed by atoms with E-state index >= 15 is 0 Å². The number of rotatable bonds is 2. The summed E-state index contributed by atoms with van der Waals surface area (Å²) >= 11 is 0. The van der Waals surface area contributed by atoms with Crippen LogP contribution in [0.4, 0.5) is 5.95 Å². The zero-order chi connectivity index (χ0) is 10.8. The summed E-state index contributed by atoms with van der Waals surface area (Å²) in [4.78, 5) is 8.16. The van der Waals surface area contributed by atoms with Crippen LogP contribution in [-0.2, 0) is 7.05 Å². The Hall–Kier alpha value is -2.11. The van der Waals surface area contributed by atoms with Crippen LogP contribution in [0.2, 0.25) is 0 Å². The van der Waals surface area contributed by atoms with Crippen molar-refractivity contribution in [3.8, 4) is 17.3 Å². The van der Waals surface area contributed by atoms with Gasteiger partial charge in [-0.2, -0.15) is 4.98 Å². The summed E-state index contributed by atoms with van der Waals surface area (Å²) in [7, 11) is 3.28. The molecule has 0 spiro atoms. The fourth-order valence-electron chi connectivity index (χ4n) is 1.23. The minimum absolute atomic E-state index is 0.357. The van der Waals surface area contributed by atoms with Crippen molar-refractivity contribution in [1.82, 2.24) is 19.7 Å². The molecule has 0 unspecified atom stereocenters. The topological polar surface area (TPSA) is 78.9 Å². The smallest absolute Gasteiger partial charge is 0.224 e. The Balaban J connectivity index is 2.53. The molecule has 0 aliphatic carbocycles. The number of anilines is 1. The molecule has 0 saturated carbocycles. The quantitative estimate of drug-likeness (QED) is 0.770. The van der Waals surface area contributed by atoms with E-state index in [0.29, 0.717) is 17.7 Å². The largest absolute Gasteiger partial charge is 0.480 e. The van der Waals surface area contributed by atoms with E-state index in [0.717, 1.165) is 5.56 Å². The SMILES string of the molecule is COc1ncccc1-c1nc(N)n(C)n1. The highest BCUT2D eigenvalue weighted by Crippen LogP contribution is 2.24. The van der Waals surface area contributed by atoms with Gasteiger partial charge in [-0.25, -0.2) is 9.67 Å². The summed E-state index contributed by atoms with van der Waals surface area (Å²) in [6, 6.07) is 3.63. The zero-order valence-corrected chi connectivity index (χ0v) is 8.51. The Bertz CT molecular complexity index is 460. The van der Waals surface area contributed by atoms with E-state index < -0.39 is 0 Å². The monoisotopic (exact) mass is 205 g/mol. The molecular weight excluding hydrogens is 194 g/mol. The van der Waals surface area contributed by atoms with Crippen LogP contribution in [0.5, 0.6) is 5.88 Å². The van der Waals surface area contributed by atoms with Crippen LogP contribution in [0.15, 0.2) is 18.3 Å². The van der Waals surface area contributed by atoms with Crippen LogP contribution < -0.4 is 10.5 Å². The van der Waals surface area contributed by atoms with E-state index in [4.69, 9.17) is 10.5 Å². The van der Waals surface area contributed by atoms with Gasteiger partial charge in [0, 0.05) is 13.2 Å². The van der Waals surface area contributed by atoms with Gasteiger partial charge in [-0.15, -0.1) is 5.10 Å². The van der Waals surface area contributed by atoms with Crippen LogP contribution in [0.1, 0.15) is 0 Å². The molecule has 0 amide bonds. The maximum Gasteiger partial charge on any atom is 0.224 e. The number of hydrogen-bond donors (Lipinski definition) is 1. The highest BCUT2D eigenvalue weighted by molar-refractivity contribution is 5.61. The Morgan fingerprint density at radius 2 is 2.27 bits per heavy atom. The minimum atomic E-state index is 0.357. The third-order valence-corrected chi connectivity index (χ3v) is 2.00. The average molecular weight is 205 g/mol. The highest BCUT2D eigenvalue weighted by atomic mass is 16.5. The van der Waals surface area contributed by atoms with E-state index in [1.807, 2.05) is 6.07 Å². The lowest BCUT2D eigenvalue weighted by atomic mass is 10.2. The highest BCUT2D eigenvalue weighted by Gasteiger charge is 2.12. The molecule has 78 valence electrons. The molecule has 0 fully saturated rings. The molecule has 2 N–H and O–H groups in total. The van der Waals surface area contributed by atoms with Crippen molar-refractivity contribution in [2.24, 2.45) is 7.05 Å². The first-order chi connectivity index (χ1) is 7.22. The van der Waals surface area contributed by atoms with Crippen molar-refractivity contribution < 1.29 is 4.74 Å². The average Bonchev–Trinajstić information content (AvgIpc) is 2.59. The summed E-state index contributed by atoms with van der Waals surface area (Å²) < 4.78 is 6.61. The second kappa shape index (κ2) is 3.56. The Kier molecular flexibility index (Phi) is 2.24. The molecule has 0 aliphatic rings. The predicted molar refractivity (Wildman–Crippen MR) is 55.2 cm³/mol. The first kappa shape index (κ1) is 9.45. The van der Waals surface area contributed by atoms with Crippen molar-refractivity contribution in [1.29, 1.82) is 0 Å². The molecule has 0 radical (unpaired) electrons. The van der Waals surface area contributed by atoms with Crippen molar-refractivity contribution >= 4 is 5.95 Å². The fraction of sp³-hybridized carbons (Fsp3) is 0.222. The molecule has 2 aromatic rings. The number of nitrogens with zero attached hydrogens (tertiary/aromatic N) is 4. The van der Waals surface area contributed by atoms with Gasteiger partial charge in [0.1, 0.15) is 0 Å². The van der Waals surface area contributed by atoms with E-state index in [1.165, 1.54) is 4.68 Å². The molecule has 2 heterocycles. The minimum Gasteiger partial charge on any atom is -0.480 e. The molecule has 2 rings (SSSR count). The van der Waals surface area contributed by atoms with E-state index in [2.05, 4.69) is 15.1 Å². The molecule has 0 aliphatic heterocycles. The van der Waals surface area contributed by atoms with Gasteiger partial charge in [0.15, 0.2) is 5.82 Å². The number of pyridine rings is 1. The lowest BCUT2D eigenvalue weighted by molar-refractivity contribution is 0.399. The van der Waals surface area contributed by atoms with Crippen LogP contribution in [-0.4, -0.2) is 26.9 Å². The summed E-state index contributed by atoms with van der Waals surface area (Å²) in [6.07, 6.45) is 1.65. The molecule has 0 atom stereocenters. The van der Waals surface area contributed by atoms with Crippen LogP contribution in [0.3, 0.4) is 0 Å². The Morgan fingerprint density at radius 3 is 2.87 bits per heavy atom. The van der Waals surface area contributed by atoms with Gasteiger partial charge >= 0.3 is 0 Å². The maximum absolute atomic E-state index is 5.60. The Morgan fingerprint density at radius 1 is 1.47 bits per heavy atom. The first-order valence-corrected chi connectivity index (χ1v) is 4.38. The molecule has 6 nitrogen and oxygen atoms in total. The molecule has 0 saturated heterocycles. The van der Waals surface area contributed by atoms with Gasteiger partial charge in [-0.1, -0.05) is 0 Å². The van der Waals surface area contributed by atoms with Gasteiger partial charge in [-0.3, -0.25) is 0 Å². The van der Waals surface area contributed by atoms with Crippen molar-refractivity contribution in [2.45, 2.75) is 0 Å². The van der Waals surface area contributed by atoms with Crippen molar-refractivity contribution in [2.75, 3.05) is 12.8 Å². The maximum atomic E-state index is 5.60. The molecule has 2 aromatic heterocycles.